The molecule has 0 saturated carbocycles. The van der Waals surface area contributed by atoms with Gasteiger partial charge in [0.25, 0.3) is 5.91 Å². The number of nitrogens with zero attached hydrogens (tertiary/aromatic N) is 3. The van der Waals surface area contributed by atoms with Crippen LogP contribution >= 0.6 is 0 Å². The van der Waals surface area contributed by atoms with Crippen LogP contribution in [0.15, 0.2) is 30.3 Å². The quantitative estimate of drug-likeness (QED) is 0.666. The Bertz CT molecular complexity index is 681. The summed E-state index contributed by atoms with van der Waals surface area (Å²) in [7, 11) is 1.70. The molecule has 8 heteroatoms. The predicted octanol–water partition coefficient (Wildman–Crippen LogP) is 1.65. The predicted molar refractivity (Wildman–Crippen MR) is 75.2 cm³/mol. The van der Waals surface area contributed by atoms with Gasteiger partial charge in [-0.3, -0.25) is 19.6 Å². The summed E-state index contributed by atoms with van der Waals surface area (Å²) in [4.78, 5) is 22.0. The topological polar surface area (TPSA) is 99.3 Å². The number of carbonyl (C=O) groups excluding carboxylic acids is 1. The van der Waals surface area contributed by atoms with Crippen LogP contribution in [0.25, 0.3) is 0 Å². The third kappa shape index (κ3) is 3.56. The van der Waals surface area contributed by atoms with Crippen LogP contribution in [0, 0.1) is 17.0 Å². The van der Waals surface area contributed by atoms with Gasteiger partial charge in [-0.2, -0.15) is 5.10 Å². The molecule has 2 rings (SSSR count). The number of hydrogen-bond acceptors (Lipinski definition) is 5. The minimum Gasteiger partial charge on any atom is -0.477 e. The largest absolute Gasteiger partial charge is 0.477 e. The molecule has 8 nitrogen and oxygen atoms in total. The molecule has 0 aliphatic carbocycles. The molecule has 0 aliphatic heterocycles. The molecule has 0 spiro atoms. The van der Waals surface area contributed by atoms with Crippen LogP contribution < -0.4 is 10.1 Å². The number of aromatic nitrogens is 2. The lowest BCUT2D eigenvalue weighted by atomic mass is 10.3. The van der Waals surface area contributed by atoms with Crippen molar-refractivity contribution in [1.29, 1.82) is 0 Å². The van der Waals surface area contributed by atoms with Gasteiger partial charge in [0, 0.05) is 19.2 Å². The molecule has 1 aromatic heterocycles. The SMILES string of the molecule is Cc1cc(NC(=O)COc2ccccc2[N+](=O)[O-])n(C)n1. The maximum Gasteiger partial charge on any atom is 0.310 e. The van der Waals surface area contributed by atoms with Crippen molar-refractivity contribution in [2.24, 2.45) is 7.05 Å². The van der Waals surface area contributed by atoms with Gasteiger partial charge in [0.15, 0.2) is 12.4 Å². The Morgan fingerprint density at radius 2 is 2.19 bits per heavy atom. The molecule has 0 unspecified atom stereocenters. The Hall–Kier alpha value is -2.90. The number of nitro benzene ring substituents is 1. The van der Waals surface area contributed by atoms with Crippen LogP contribution in [0.4, 0.5) is 11.5 Å². The first-order valence-electron chi connectivity index (χ1n) is 6.14. The van der Waals surface area contributed by atoms with Gasteiger partial charge in [-0.1, -0.05) is 12.1 Å². The lowest BCUT2D eigenvalue weighted by Crippen LogP contribution is -2.21. The average Bonchev–Trinajstić information content (AvgIpc) is 2.74. The summed E-state index contributed by atoms with van der Waals surface area (Å²) in [5, 5.41) is 17.5. The highest BCUT2D eigenvalue weighted by atomic mass is 16.6. The fraction of sp³-hybridized carbons (Fsp3) is 0.231. The van der Waals surface area contributed by atoms with Gasteiger partial charge in [-0.05, 0) is 13.0 Å². The Morgan fingerprint density at radius 1 is 1.48 bits per heavy atom. The summed E-state index contributed by atoms with van der Waals surface area (Å²) in [6.07, 6.45) is 0. The highest BCUT2D eigenvalue weighted by Crippen LogP contribution is 2.25. The molecule has 21 heavy (non-hydrogen) atoms. The molecular weight excluding hydrogens is 276 g/mol. The van der Waals surface area contributed by atoms with Crippen molar-refractivity contribution in [3.63, 3.8) is 0 Å². The molecule has 0 aliphatic rings. The molecular formula is C13H14N4O4. The van der Waals surface area contributed by atoms with Crippen LogP contribution in [0.3, 0.4) is 0 Å². The molecule has 110 valence electrons. The average molecular weight is 290 g/mol. The van der Waals surface area contributed by atoms with Crippen molar-refractivity contribution in [2.75, 3.05) is 11.9 Å². The van der Waals surface area contributed by atoms with Crippen LogP contribution in [-0.4, -0.2) is 27.2 Å². The number of anilines is 1. The standard InChI is InChI=1S/C13H14N4O4/c1-9-7-12(16(2)15-9)14-13(18)8-21-11-6-4-3-5-10(11)17(19)20/h3-7H,8H2,1-2H3,(H,14,18). The summed E-state index contributed by atoms with van der Waals surface area (Å²) < 4.78 is 6.72. The lowest BCUT2D eigenvalue weighted by molar-refractivity contribution is -0.385. The number of ether oxygens (including phenoxy) is 1. The van der Waals surface area contributed by atoms with Crippen molar-refractivity contribution in [2.45, 2.75) is 6.92 Å². The second-order valence-electron chi connectivity index (χ2n) is 4.36. The first kappa shape index (κ1) is 14.5. The minimum absolute atomic E-state index is 0.0545. The van der Waals surface area contributed by atoms with Crippen molar-refractivity contribution in [3.05, 3.63) is 46.1 Å². The van der Waals surface area contributed by atoms with E-state index in [0.717, 1.165) is 5.69 Å². The van der Waals surface area contributed by atoms with E-state index in [1.807, 2.05) is 0 Å². The maximum atomic E-state index is 11.8. The number of amides is 1. The molecule has 2 aromatic rings. The van der Waals surface area contributed by atoms with Crippen LogP contribution in [0.1, 0.15) is 5.69 Å². The van der Waals surface area contributed by atoms with E-state index in [-0.39, 0.29) is 18.0 Å². The molecule has 0 bridgehead atoms. The zero-order chi connectivity index (χ0) is 15.4. The number of hydrogen-bond donors (Lipinski definition) is 1. The van der Waals surface area contributed by atoms with E-state index in [4.69, 9.17) is 4.74 Å². The fourth-order valence-electron chi connectivity index (χ4n) is 1.78. The highest BCUT2D eigenvalue weighted by molar-refractivity contribution is 5.91. The van der Waals surface area contributed by atoms with Gasteiger partial charge in [0.2, 0.25) is 0 Å². The summed E-state index contributed by atoms with van der Waals surface area (Å²) in [5.41, 5.74) is 0.592. The first-order valence-corrected chi connectivity index (χ1v) is 6.14. The molecule has 1 amide bonds. The zero-order valence-corrected chi connectivity index (χ0v) is 11.6. The molecule has 1 aromatic carbocycles. The van der Waals surface area contributed by atoms with Crippen LogP contribution in [0.2, 0.25) is 0 Å². The third-order valence-corrected chi connectivity index (χ3v) is 2.69. The van der Waals surface area contributed by atoms with Crippen molar-refractivity contribution >= 4 is 17.4 Å². The fourth-order valence-corrected chi connectivity index (χ4v) is 1.78. The van der Waals surface area contributed by atoms with E-state index in [1.54, 1.807) is 26.1 Å². The number of carbonyl (C=O) groups is 1. The number of benzene rings is 1. The van der Waals surface area contributed by atoms with Crippen LogP contribution in [0.5, 0.6) is 5.75 Å². The zero-order valence-electron chi connectivity index (χ0n) is 11.6. The molecule has 1 N–H and O–H groups in total. The number of para-hydroxylation sites is 2. The molecule has 0 radical (unpaired) electrons. The first-order chi connectivity index (χ1) is 9.97. The van der Waals surface area contributed by atoms with E-state index in [0.29, 0.717) is 5.82 Å². The summed E-state index contributed by atoms with van der Waals surface area (Å²) in [6, 6.07) is 7.61. The van der Waals surface area contributed by atoms with Gasteiger partial charge >= 0.3 is 5.69 Å². The van der Waals surface area contributed by atoms with E-state index in [9.17, 15) is 14.9 Å². The van der Waals surface area contributed by atoms with Crippen molar-refractivity contribution in [3.8, 4) is 5.75 Å². The molecule has 1 heterocycles. The monoisotopic (exact) mass is 290 g/mol. The smallest absolute Gasteiger partial charge is 0.310 e. The highest BCUT2D eigenvalue weighted by Gasteiger charge is 2.15. The minimum atomic E-state index is -0.558. The normalized spacial score (nSPS) is 10.2. The van der Waals surface area contributed by atoms with Gasteiger partial charge in [-0.25, -0.2) is 0 Å². The number of nitrogens with one attached hydrogen (secondary N) is 1. The van der Waals surface area contributed by atoms with Crippen molar-refractivity contribution in [1.82, 2.24) is 9.78 Å². The third-order valence-electron chi connectivity index (χ3n) is 2.69. The van der Waals surface area contributed by atoms with E-state index in [1.165, 1.54) is 22.9 Å². The van der Waals surface area contributed by atoms with Gasteiger partial charge < -0.3 is 10.1 Å². The number of nitro groups is 1. The van der Waals surface area contributed by atoms with Crippen molar-refractivity contribution < 1.29 is 14.5 Å². The van der Waals surface area contributed by atoms with Gasteiger partial charge in [0.05, 0.1) is 10.6 Å². The molecule has 0 fully saturated rings. The second kappa shape index (κ2) is 6.04. The number of rotatable bonds is 5. The van der Waals surface area contributed by atoms with Crippen LogP contribution in [-0.2, 0) is 11.8 Å². The maximum absolute atomic E-state index is 11.8. The summed E-state index contributed by atoms with van der Waals surface area (Å²) in [6.45, 7) is 1.48. The molecule has 0 saturated heterocycles. The Kier molecular flexibility index (Phi) is 4.17. The second-order valence-corrected chi connectivity index (χ2v) is 4.36. The van der Waals surface area contributed by atoms with E-state index >= 15 is 0 Å². The number of aryl methyl sites for hydroxylation is 2. The van der Waals surface area contributed by atoms with Gasteiger partial charge in [-0.15, -0.1) is 0 Å². The summed E-state index contributed by atoms with van der Waals surface area (Å²) >= 11 is 0. The lowest BCUT2D eigenvalue weighted by Gasteiger charge is -2.07. The van der Waals surface area contributed by atoms with Gasteiger partial charge in [0.1, 0.15) is 5.82 Å². The van der Waals surface area contributed by atoms with E-state index < -0.39 is 10.8 Å². The molecule has 0 atom stereocenters. The Balaban J connectivity index is 1.99. The van der Waals surface area contributed by atoms with E-state index in [2.05, 4.69) is 10.4 Å². The Morgan fingerprint density at radius 3 is 2.81 bits per heavy atom. The Labute approximate surface area is 120 Å². The summed E-state index contributed by atoms with van der Waals surface area (Å²) in [5.74, 6) is 0.165.